The van der Waals surface area contributed by atoms with E-state index in [1.807, 2.05) is 0 Å². The topological polar surface area (TPSA) is 127 Å². The molecule has 0 aromatic heterocycles. The van der Waals surface area contributed by atoms with E-state index in [1.54, 1.807) is 55.5 Å². The number of carbonyl (C=O) groups excluding carboxylic acids is 2. The number of hydrogen-bond donors (Lipinski definition) is 3. The van der Waals surface area contributed by atoms with Gasteiger partial charge in [-0.3, -0.25) is 14.1 Å². The zero-order valence-corrected chi connectivity index (χ0v) is 16.8. The van der Waals surface area contributed by atoms with Crippen molar-refractivity contribution in [1.82, 2.24) is 0 Å². The van der Waals surface area contributed by atoms with Crippen molar-refractivity contribution >= 4 is 33.1 Å². The van der Waals surface area contributed by atoms with Gasteiger partial charge in [-0.2, -0.15) is 8.42 Å². The minimum Gasteiger partial charge on any atom is -0.398 e. The predicted octanol–water partition coefficient (Wildman–Crippen LogP) is 3.21. The highest BCUT2D eigenvalue weighted by Crippen LogP contribution is 2.35. The van der Waals surface area contributed by atoms with Crippen molar-refractivity contribution < 1.29 is 22.6 Å². The van der Waals surface area contributed by atoms with E-state index in [0.717, 1.165) is 0 Å². The Kier molecular flexibility index (Phi) is 4.68. The van der Waals surface area contributed by atoms with Crippen molar-refractivity contribution in [2.24, 2.45) is 0 Å². The SMILES string of the molecule is Cc1ccc(CNc2ccc(N)c3c2C(=O)c2ccccc2C3=O)cc1S(=O)(=O)O. The van der Waals surface area contributed by atoms with E-state index in [-0.39, 0.29) is 39.8 Å². The van der Waals surface area contributed by atoms with Crippen molar-refractivity contribution in [2.75, 3.05) is 11.1 Å². The van der Waals surface area contributed by atoms with E-state index < -0.39 is 10.1 Å². The summed E-state index contributed by atoms with van der Waals surface area (Å²) in [5.74, 6) is -0.622. The Morgan fingerprint density at radius 1 is 0.933 bits per heavy atom. The Bertz CT molecular complexity index is 1330. The van der Waals surface area contributed by atoms with Crippen LogP contribution >= 0.6 is 0 Å². The second-order valence-electron chi connectivity index (χ2n) is 7.08. The predicted molar refractivity (Wildman–Crippen MR) is 112 cm³/mol. The third-order valence-electron chi connectivity index (χ3n) is 5.12. The van der Waals surface area contributed by atoms with Gasteiger partial charge in [-0.1, -0.05) is 36.4 Å². The molecule has 4 rings (SSSR count). The third-order valence-corrected chi connectivity index (χ3v) is 6.12. The van der Waals surface area contributed by atoms with E-state index in [4.69, 9.17) is 5.73 Å². The van der Waals surface area contributed by atoms with Gasteiger partial charge in [0, 0.05) is 29.0 Å². The van der Waals surface area contributed by atoms with Crippen LogP contribution in [0.2, 0.25) is 0 Å². The fourth-order valence-corrected chi connectivity index (χ4v) is 4.40. The Balaban J connectivity index is 1.73. The van der Waals surface area contributed by atoms with Gasteiger partial charge in [-0.05, 0) is 36.2 Å². The molecule has 0 saturated carbocycles. The molecule has 152 valence electrons. The number of fused-ring (bicyclic) bond motifs is 2. The number of rotatable bonds is 4. The number of benzene rings is 3. The molecule has 0 saturated heterocycles. The molecule has 3 aromatic rings. The Morgan fingerprint density at radius 2 is 1.57 bits per heavy atom. The quantitative estimate of drug-likeness (QED) is 0.340. The third kappa shape index (κ3) is 3.26. The number of nitrogens with one attached hydrogen (secondary N) is 1. The summed E-state index contributed by atoms with van der Waals surface area (Å²) >= 11 is 0. The van der Waals surface area contributed by atoms with Crippen LogP contribution < -0.4 is 11.1 Å². The highest BCUT2D eigenvalue weighted by atomic mass is 32.2. The zero-order valence-electron chi connectivity index (χ0n) is 16.0. The number of aryl methyl sites for hydroxylation is 1. The van der Waals surface area contributed by atoms with Gasteiger partial charge in [-0.15, -0.1) is 0 Å². The summed E-state index contributed by atoms with van der Waals surface area (Å²) in [6, 6.07) is 14.4. The van der Waals surface area contributed by atoms with Crippen LogP contribution in [0.5, 0.6) is 0 Å². The molecule has 3 aromatic carbocycles. The molecule has 0 spiro atoms. The van der Waals surface area contributed by atoms with Crippen LogP contribution in [0.4, 0.5) is 11.4 Å². The summed E-state index contributed by atoms with van der Waals surface area (Å²) in [5.41, 5.74) is 8.63. The fraction of sp³-hybridized carbons (Fsp3) is 0.0909. The van der Waals surface area contributed by atoms with Crippen LogP contribution in [0.25, 0.3) is 0 Å². The monoisotopic (exact) mass is 422 g/mol. The van der Waals surface area contributed by atoms with E-state index in [1.165, 1.54) is 6.07 Å². The first-order valence-electron chi connectivity index (χ1n) is 9.10. The average Bonchev–Trinajstić information content (AvgIpc) is 2.71. The fourth-order valence-electron chi connectivity index (χ4n) is 3.62. The molecule has 0 aliphatic heterocycles. The molecule has 1 aliphatic carbocycles. The maximum atomic E-state index is 13.1. The van der Waals surface area contributed by atoms with E-state index in [9.17, 15) is 22.6 Å². The van der Waals surface area contributed by atoms with E-state index in [0.29, 0.717) is 27.9 Å². The second-order valence-corrected chi connectivity index (χ2v) is 8.47. The number of ketones is 2. The van der Waals surface area contributed by atoms with Gasteiger partial charge < -0.3 is 11.1 Å². The Hall–Kier alpha value is -3.49. The van der Waals surface area contributed by atoms with E-state index >= 15 is 0 Å². The summed E-state index contributed by atoms with van der Waals surface area (Å²) < 4.78 is 32.5. The molecule has 8 heteroatoms. The summed E-state index contributed by atoms with van der Waals surface area (Å²) in [4.78, 5) is 25.9. The zero-order chi connectivity index (χ0) is 21.6. The van der Waals surface area contributed by atoms with Crippen molar-refractivity contribution in [3.63, 3.8) is 0 Å². The van der Waals surface area contributed by atoms with E-state index in [2.05, 4.69) is 5.32 Å². The van der Waals surface area contributed by atoms with Gasteiger partial charge in [0.1, 0.15) is 0 Å². The largest absolute Gasteiger partial charge is 0.398 e. The summed E-state index contributed by atoms with van der Waals surface area (Å²) in [7, 11) is -4.35. The van der Waals surface area contributed by atoms with Gasteiger partial charge >= 0.3 is 0 Å². The molecule has 4 N–H and O–H groups in total. The molecular formula is C22H18N2O5S. The van der Waals surface area contributed by atoms with Gasteiger partial charge in [0.05, 0.1) is 16.0 Å². The van der Waals surface area contributed by atoms with Crippen molar-refractivity contribution in [3.05, 3.63) is 88.0 Å². The van der Waals surface area contributed by atoms with Crippen LogP contribution in [0, 0.1) is 6.92 Å². The maximum absolute atomic E-state index is 13.1. The van der Waals surface area contributed by atoms with Gasteiger partial charge in [0.2, 0.25) is 0 Å². The molecule has 0 amide bonds. The highest BCUT2D eigenvalue weighted by molar-refractivity contribution is 7.85. The van der Waals surface area contributed by atoms with Crippen molar-refractivity contribution in [2.45, 2.75) is 18.4 Å². The normalized spacial score (nSPS) is 13.0. The van der Waals surface area contributed by atoms with Crippen LogP contribution in [-0.2, 0) is 16.7 Å². The average molecular weight is 422 g/mol. The van der Waals surface area contributed by atoms with Gasteiger partial charge in [0.25, 0.3) is 10.1 Å². The number of carbonyl (C=O) groups is 2. The standard InChI is InChI=1S/C22H18N2O5S/c1-12-6-7-13(10-18(12)30(27,28)29)11-24-17-9-8-16(23)19-20(17)22(26)15-5-3-2-4-14(15)21(19)25/h2-10,24H,11,23H2,1H3,(H,27,28,29). The van der Waals surface area contributed by atoms with Gasteiger partial charge in [-0.25, -0.2) is 0 Å². The second kappa shape index (κ2) is 7.08. The lowest BCUT2D eigenvalue weighted by Crippen LogP contribution is -2.24. The summed E-state index contributed by atoms with van der Waals surface area (Å²) in [5, 5.41) is 3.09. The lowest BCUT2D eigenvalue weighted by molar-refractivity contribution is 0.0980. The molecule has 0 atom stereocenters. The van der Waals surface area contributed by atoms with Crippen LogP contribution in [0.3, 0.4) is 0 Å². The lowest BCUT2D eigenvalue weighted by Gasteiger charge is -2.22. The number of nitrogen functional groups attached to an aromatic ring is 1. The van der Waals surface area contributed by atoms with Crippen molar-refractivity contribution in [1.29, 1.82) is 0 Å². The maximum Gasteiger partial charge on any atom is 0.294 e. The lowest BCUT2D eigenvalue weighted by atomic mass is 9.82. The highest BCUT2D eigenvalue weighted by Gasteiger charge is 2.33. The van der Waals surface area contributed by atoms with Crippen LogP contribution in [0.1, 0.15) is 43.0 Å². The first-order chi connectivity index (χ1) is 14.2. The van der Waals surface area contributed by atoms with Crippen molar-refractivity contribution in [3.8, 4) is 0 Å². The van der Waals surface area contributed by atoms with Crippen LogP contribution in [0.15, 0.2) is 59.5 Å². The molecular weight excluding hydrogens is 404 g/mol. The molecule has 0 heterocycles. The molecule has 30 heavy (non-hydrogen) atoms. The number of hydrogen-bond acceptors (Lipinski definition) is 6. The first kappa shape index (κ1) is 19.8. The number of nitrogens with two attached hydrogens (primary N) is 1. The molecule has 1 aliphatic rings. The molecule has 0 bridgehead atoms. The summed E-state index contributed by atoms with van der Waals surface area (Å²) in [6.45, 7) is 1.75. The Morgan fingerprint density at radius 3 is 2.20 bits per heavy atom. The molecule has 0 unspecified atom stereocenters. The smallest absolute Gasteiger partial charge is 0.294 e. The molecule has 0 fully saturated rings. The first-order valence-corrected chi connectivity index (χ1v) is 10.5. The summed E-state index contributed by atoms with van der Waals surface area (Å²) in [6.07, 6.45) is 0. The molecule has 7 nitrogen and oxygen atoms in total. The Labute approximate surface area is 173 Å². The molecule has 0 radical (unpaired) electrons. The van der Waals surface area contributed by atoms with Gasteiger partial charge in [0.15, 0.2) is 11.6 Å². The number of anilines is 2. The minimum atomic E-state index is -4.35. The van der Waals surface area contributed by atoms with Crippen LogP contribution in [-0.4, -0.2) is 24.5 Å². The minimum absolute atomic E-state index is 0.159.